The first kappa shape index (κ1) is 14.2. The van der Waals surface area contributed by atoms with Gasteiger partial charge in [0.05, 0.1) is 0 Å². The van der Waals surface area contributed by atoms with Crippen molar-refractivity contribution in [3.05, 3.63) is 53.9 Å². The Morgan fingerprint density at radius 2 is 2.05 bits per heavy atom. The van der Waals surface area contributed by atoms with Gasteiger partial charge in [0, 0.05) is 25.5 Å². The Labute approximate surface area is 115 Å². The zero-order valence-corrected chi connectivity index (χ0v) is 11.0. The van der Waals surface area contributed by atoms with Crippen LogP contribution in [0.25, 0.3) is 0 Å². The minimum atomic E-state index is -0.859. The predicted octanol–water partition coefficient (Wildman–Crippen LogP) is 2.23. The maximum absolute atomic E-state index is 13.4. The van der Waals surface area contributed by atoms with E-state index in [0.717, 1.165) is 12.1 Å². The second-order valence-corrected chi connectivity index (χ2v) is 4.64. The summed E-state index contributed by atoms with van der Waals surface area (Å²) in [5, 5.41) is 6.59. The second-order valence-electron chi connectivity index (χ2n) is 4.64. The van der Waals surface area contributed by atoms with Gasteiger partial charge in [0.1, 0.15) is 17.2 Å². The maximum Gasteiger partial charge on any atom is 0.257 e. The number of carbonyl (C=O) groups excluding carboxylic acids is 1. The van der Waals surface area contributed by atoms with E-state index in [2.05, 4.69) is 10.4 Å². The molecule has 20 heavy (non-hydrogen) atoms. The number of aromatic nitrogens is 2. The molecular formula is C14H15F2N3O. The van der Waals surface area contributed by atoms with Crippen LogP contribution < -0.4 is 5.32 Å². The summed E-state index contributed by atoms with van der Waals surface area (Å²) in [5.74, 6) is -2.37. The van der Waals surface area contributed by atoms with E-state index in [1.165, 1.54) is 6.07 Å². The third-order valence-corrected chi connectivity index (χ3v) is 2.86. The lowest BCUT2D eigenvalue weighted by Crippen LogP contribution is -2.31. The molecule has 0 aliphatic carbocycles. The van der Waals surface area contributed by atoms with Crippen molar-refractivity contribution in [1.29, 1.82) is 0 Å². The van der Waals surface area contributed by atoms with Crippen LogP contribution in [-0.2, 0) is 6.54 Å². The quantitative estimate of drug-likeness (QED) is 0.912. The van der Waals surface area contributed by atoms with E-state index in [4.69, 9.17) is 0 Å². The Kier molecular flexibility index (Phi) is 4.45. The van der Waals surface area contributed by atoms with Gasteiger partial charge in [-0.15, -0.1) is 0 Å². The SMILES string of the molecule is CC(CNC(=O)c1c(F)cccc1F)Cn1cccn1. The van der Waals surface area contributed by atoms with E-state index in [1.807, 2.05) is 13.1 Å². The molecule has 106 valence electrons. The minimum absolute atomic E-state index is 0.0914. The van der Waals surface area contributed by atoms with Gasteiger partial charge < -0.3 is 5.32 Å². The van der Waals surface area contributed by atoms with E-state index < -0.39 is 23.1 Å². The van der Waals surface area contributed by atoms with Crippen molar-refractivity contribution >= 4 is 5.91 Å². The molecule has 2 aromatic rings. The van der Waals surface area contributed by atoms with Crippen LogP contribution in [0, 0.1) is 17.6 Å². The van der Waals surface area contributed by atoms with E-state index in [-0.39, 0.29) is 5.92 Å². The van der Waals surface area contributed by atoms with E-state index in [0.29, 0.717) is 13.1 Å². The minimum Gasteiger partial charge on any atom is -0.352 e. The first-order chi connectivity index (χ1) is 9.58. The number of halogens is 2. The van der Waals surface area contributed by atoms with Gasteiger partial charge in [-0.05, 0) is 24.1 Å². The standard InChI is InChI=1S/C14H15F2N3O/c1-10(9-19-7-3-6-18-19)8-17-14(20)13-11(15)4-2-5-12(13)16/h2-7,10H,8-9H2,1H3,(H,17,20). The highest BCUT2D eigenvalue weighted by Crippen LogP contribution is 2.11. The molecule has 0 spiro atoms. The molecule has 0 radical (unpaired) electrons. The molecule has 1 N–H and O–H groups in total. The number of nitrogens with zero attached hydrogens (tertiary/aromatic N) is 2. The second kappa shape index (κ2) is 6.27. The van der Waals surface area contributed by atoms with Crippen molar-refractivity contribution in [1.82, 2.24) is 15.1 Å². The van der Waals surface area contributed by atoms with E-state index >= 15 is 0 Å². The first-order valence-corrected chi connectivity index (χ1v) is 6.27. The summed E-state index contributed by atoms with van der Waals surface area (Å²) in [6, 6.07) is 5.15. The molecule has 2 rings (SSSR count). The first-order valence-electron chi connectivity index (χ1n) is 6.27. The van der Waals surface area contributed by atoms with Crippen molar-refractivity contribution in [2.45, 2.75) is 13.5 Å². The number of carbonyl (C=O) groups is 1. The fourth-order valence-corrected chi connectivity index (χ4v) is 1.86. The Balaban J connectivity index is 1.92. The lowest BCUT2D eigenvalue weighted by molar-refractivity contribution is 0.0938. The number of hydrogen-bond acceptors (Lipinski definition) is 2. The smallest absolute Gasteiger partial charge is 0.257 e. The number of benzene rings is 1. The zero-order chi connectivity index (χ0) is 14.5. The highest BCUT2D eigenvalue weighted by atomic mass is 19.1. The third kappa shape index (κ3) is 3.40. The van der Waals surface area contributed by atoms with Crippen LogP contribution in [0.2, 0.25) is 0 Å². The molecule has 1 aromatic heterocycles. The van der Waals surface area contributed by atoms with Crippen molar-refractivity contribution < 1.29 is 13.6 Å². The fraction of sp³-hybridized carbons (Fsp3) is 0.286. The van der Waals surface area contributed by atoms with Gasteiger partial charge in [-0.25, -0.2) is 8.78 Å². The zero-order valence-electron chi connectivity index (χ0n) is 11.0. The van der Waals surface area contributed by atoms with Gasteiger partial charge in [-0.3, -0.25) is 9.48 Å². The molecule has 1 aromatic carbocycles. The summed E-state index contributed by atoms with van der Waals surface area (Å²) in [4.78, 5) is 11.8. The molecule has 0 bridgehead atoms. The third-order valence-electron chi connectivity index (χ3n) is 2.86. The fourth-order valence-electron chi connectivity index (χ4n) is 1.86. The summed E-state index contributed by atoms with van der Waals surface area (Å²) < 4.78 is 28.6. The lowest BCUT2D eigenvalue weighted by atomic mass is 10.1. The Bertz CT molecular complexity index is 564. The van der Waals surface area contributed by atoms with Gasteiger partial charge in [-0.1, -0.05) is 13.0 Å². The van der Waals surface area contributed by atoms with Crippen molar-refractivity contribution in [2.24, 2.45) is 5.92 Å². The number of nitrogens with one attached hydrogen (secondary N) is 1. The maximum atomic E-state index is 13.4. The van der Waals surface area contributed by atoms with Crippen molar-refractivity contribution in [2.75, 3.05) is 6.54 Å². The van der Waals surface area contributed by atoms with Crippen LogP contribution in [-0.4, -0.2) is 22.2 Å². The Morgan fingerprint density at radius 1 is 1.35 bits per heavy atom. The van der Waals surface area contributed by atoms with Crippen LogP contribution in [0.15, 0.2) is 36.7 Å². The molecule has 1 atom stereocenters. The van der Waals surface area contributed by atoms with Gasteiger partial charge >= 0.3 is 0 Å². The number of hydrogen-bond donors (Lipinski definition) is 1. The highest BCUT2D eigenvalue weighted by molar-refractivity contribution is 5.94. The Hall–Kier alpha value is -2.24. The lowest BCUT2D eigenvalue weighted by Gasteiger charge is -2.13. The summed E-state index contributed by atoms with van der Waals surface area (Å²) in [6.45, 7) is 2.85. The molecular weight excluding hydrogens is 264 g/mol. The van der Waals surface area contributed by atoms with Crippen LogP contribution in [0.5, 0.6) is 0 Å². The average molecular weight is 279 g/mol. The normalized spacial score (nSPS) is 12.2. The van der Waals surface area contributed by atoms with E-state index in [1.54, 1.807) is 16.9 Å². The van der Waals surface area contributed by atoms with Crippen LogP contribution in [0.3, 0.4) is 0 Å². The average Bonchev–Trinajstić information content (AvgIpc) is 2.89. The molecule has 0 fully saturated rings. The summed E-state index contributed by atoms with van der Waals surface area (Å²) in [6.07, 6.45) is 3.48. The highest BCUT2D eigenvalue weighted by Gasteiger charge is 2.17. The number of rotatable bonds is 5. The van der Waals surface area contributed by atoms with Gasteiger partial charge in [0.15, 0.2) is 0 Å². The molecule has 1 amide bonds. The molecule has 1 heterocycles. The summed E-state index contributed by atoms with van der Waals surface area (Å²) in [7, 11) is 0. The largest absolute Gasteiger partial charge is 0.352 e. The van der Waals surface area contributed by atoms with Crippen LogP contribution in [0.4, 0.5) is 8.78 Å². The number of amides is 1. The molecule has 0 aliphatic rings. The van der Waals surface area contributed by atoms with Gasteiger partial charge in [-0.2, -0.15) is 5.10 Å². The molecule has 6 heteroatoms. The van der Waals surface area contributed by atoms with Crippen molar-refractivity contribution in [3.8, 4) is 0 Å². The van der Waals surface area contributed by atoms with Gasteiger partial charge in [0.2, 0.25) is 0 Å². The van der Waals surface area contributed by atoms with Gasteiger partial charge in [0.25, 0.3) is 5.91 Å². The topological polar surface area (TPSA) is 46.9 Å². The van der Waals surface area contributed by atoms with Crippen LogP contribution >= 0.6 is 0 Å². The molecule has 0 aliphatic heterocycles. The molecule has 4 nitrogen and oxygen atoms in total. The Morgan fingerprint density at radius 3 is 2.65 bits per heavy atom. The summed E-state index contributed by atoms with van der Waals surface area (Å²) >= 11 is 0. The molecule has 1 unspecified atom stereocenters. The van der Waals surface area contributed by atoms with Crippen molar-refractivity contribution in [3.63, 3.8) is 0 Å². The van der Waals surface area contributed by atoms with Crippen LogP contribution in [0.1, 0.15) is 17.3 Å². The van der Waals surface area contributed by atoms with E-state index in [9.17, 15) is 13.6 Å². The summed E-state index contributed by atoms with van der Waals surface area (Å²) in [5.41, 5.74) is -0.543. The molecule has 0 saturated carbocycles. The molecule has 0 saturated heterocycles. The predicted molar refractivity (Wildman–Crippen MR) is 70.1 cm³/mol. The monoisotopic (exact) mass is 279 g/mol.